The lowest BCUT2D eigenvalue weighted by molar-refractivity contribution is 0.475. The van der Waals surface area contributed by atoms with Crippen LogP contribution in [0.5, 0.6) is 5.75 Å². The summed E-state index contributed by atoms with van der Waals surface area (Å²) in [7, 11) is 0. The van der Waals surface area contributed by atoms with Gasteiger partial charge in [0.15, 0.2) is 0 Å². The van der Waals surface area contributed by atoms with Gasteiger partial charge in [-0.2, -0.15) is 0 Å². The van der Waals surface area contributed by atoms with Gasteiger partial charge in [0, 0.05) is 11.7 Å². The molecule has 2 aromatic rings. The maximum Gasteiger partial charge on any atom is 0.137 e. The van der Waals surface area contributed by atoms with Gasteiger partial charge in [-0.25, -0.2) is 4.39 Å². The normalized spacial score (nSPS) is 12.2. The molecule has 1 atom stereocenters. The molecule has 0 fully saturated rings. The highest BCUT2D eigenvalue weighted by Crippen LogP contribution is 2.29. The summed E-state index contributed by atoms with van der Waals surface area (Å²) in [6.45, 7) is 1.96. The van der Waals surface area contributed by atoms with E-state index in [4.69, 9.17) is 11.6 Å². The van der Waals surface area contributed by atoms with E-state index in [0.29, 0.717) is 4.47 Å². The van der Waals surface area contributed by atoms with Crippen LogP contribution in [0, 0.1) is 5.82 Å². The van der Waals surface area contributed by atoms with Crippen LogP contribution >= 0.6 is 27.5 Å². The quantitative estimate of drug-likeness (QED) is 0.757. The molecular weight excluding hydrogens is 333 g/mol. The predicted molar refractivity (Wildman–Crippen MR) is 79.3 cm³/mol. The first kappa shape index (κ1) is 14.2. The Morgan fingerprint density at radius 2 is 2.00 bits per heavy atom. The van der Waals surface area contributed by atoms with Crippen LogP contribution in [0.1, 0.15) is 18.5 Å². The largest absolute Gasteiger partial charge is 0.506 e. The molecule has 2 N–H and O–H groups in total. The number of nitrogens with one attached hydrogen (secondary N) is 1. The van der Waals surface area contributed by atoms with Crippen molar-refractivity contribution in [2.75, 3.05) is 5.32 Å². The van der Waals surface area contributed by atoms with Gasteiger partial charge in [0.05, 0.1) is 9.50 Å². The smallest absolute Gasteiger partial charge is 0.137 e. The van der Waals surface area contributed by atoms with Crippen molar-refractivity contribution in [1.29, 1.82) is 0 Å². The van der Waals surface area contributed by atoms with E-state index in [1.807, 2.05) is 6.92 Å². The zero-order chi connectivity index (χ0) is 14.0. The molecule has 0 aliphatic rings. The van der Waals surface area contributed by atoms with Gasteiger partial charge in [0.2, 0.25) is 0 Å². The molecule has 0 radical (unpaired) electrons. The highest BCUT2D eigenvalue weighted by atomic mass is 79.9. The van der Waals surface area contributed by atoms with Crippen LogP contribution in [-0.4, -0.2) is 5.11 Å². The lowest BCUT2D eigenvalue weighted by Crippen LogP contribution is -2.06. The topological polar surface area (TPSA) is 32.3 Å². The summed E-state index contributed by atoms with van der Waals surface area (Å²) in [6.07, 6.45) is 0. The second-order valence-electron chi connectivity index (χ2n) is 4.21. The molecule has 0 aliphatic heterocycles. The lowest BCUT2D eigenvalue weighted by atomic mass is 10.1. The molecule has 0 saturated heterocycles. The average Bonchev–Trinajstić information content (AvgIpc) is 2.37. The van der Waals surface area contributed by atoms with Crippen LogP contribution in [0.15, 0.2) is 40.9 Å². The Morgan fingerprint density at radius 3 is 2.63 bits per heavy atom. The monoisotopic (exact) mass is 343 g/mol. The summed E-state index contributed by atoms with van der Waals surface area (Å²) >= 11 is 9.01. The summed E-state index contributed by atoms with van der Waals surface area (Å²) in [5, 5.41) is 12.9. The molecular formula is C14H12BrClFNO. The van der Waals surface area contributed by atoms with Crippen molar-refractivity contribution in [3.8, 4) is 5.75 Å². The number of benzene rings is 2. The fraction of sp³-hybridized carbons (Fsp3) is 0.143. The van der Waals surface area contributed by atoms with E-state index >= 15 is 0 Å². The molecule has 2 aromatic carbocycles. The molecule has 2 nitrogen and oxygen atoms in total. The number of aromatic hydroxyl groups is 1. The van der Waals surface area contributed by atoms with Gasteiger partial charge >= 0.3 is 0 Å². The minimum atomic E-state index is -0.288. The molecule has 0 spiro atoms. The van der Waals surface area contributed by atoms with E-state index in [0.717, 1.165) is 11.3 Å². The Kier molecular flexibility index (Phi) is 4.32. The molecule has 19 heavy (non-hydrogen) atoms. The minimum absolute atomic E-state index is 0.0162. The first-order valence-electron chi connectivity index (χ1n) is 5.67. The summed E-state index contributed by atoms with van der Waals surface area (Å²) in [5.74, 6) is -0.243. The molecule has 5 heteroatoms. The summed E-state index contributed by atoms with van der Waals surface area (Å²) < 4.78 is 13.6. The SMILES string of the molecule is CC(Nc1ccc(O)c(Cl)c1)c1ccc(F)c(Br)c1. The molecule has 2 rings (SSSR count). The van der Waals surface area contributed by atoms with Gasteiger partial charge in [-0.1, -0.05) is 17.7 Å². The number of hydrogen-bond donors (Lipinski definition) is 2. The molecule has 0 aliphatic carbocycles. The number of halogens is 3. The van der Waals surface area contributed by atoms with Crippen molar-refractivity contribution in [2.45, 2.75) is 13.0 Å². The van der Waals surface area contributed by atoms with Crippen LogP contribution < -0.4 is 5.32 Å². The van der Waals surface area contributed by atoms with E-state index in [9.17, 15) is 9.50 Å². The predicted octanol–water partition coefficient (Wildman–Crippen LogP) is 5.12. The molecule has 0 saturated carbocycles. The Morgan fingerprint density at radius 1 is 1.26 bits per heavy atom. The molecule has 100 valence electrons. The lowest BCUT2D eigenvalue weighted by Gasteiger charge is -2.16. The zero-order valence-corrected chi connectivity index (χ0v) is 12.5. The van der Waals surface area contributed by atoms with E-state index in [1.165, 1.54) is 12.1 Å². The van der Waals surface area contributed by atoms with Crippen LogP contribution in [0.25, 0.3) is 0 Å². The Bertz CT molecular complexity index is 606. The van der Waals surface area contributed by atoms with Gasteiger partial charge in [0.25, 0.3) is 0 Å². The average molecular weight is 345 g/mol. The van der Waals surface area contributed by atoms with Crippen molar-refractivity contribution >= 4 is 33.2 Å². The Labute approximate surface area is 124 Å². The molecule has 0 amide bonds. The summed E-state index contributed by atoms with van der Waals surface area (Å²) in [5.41, 5.74) is 1.73. The van der Waals surface area contributed by atoms with E-state index < -0.39 is 0 Å². The van der Waals surface area contributed by atoms with Crippen molar-refractivity contribution in [3.05, 3.63) is 57.3 Å². The Balaban J connectivity index is 2.17. The van der Waals surface area contributed by atoms with Gasteiger partial charge in [-0.15, -0.1) is 0 Å². The Hall–Kier alpha value is -1.26. The van der Waals surface area contributed by atoms with Crippen LogP contribution in [-0.2, 0) is 0 Å². The first-order chi connectivity index (χ1) is 8.97. The van der Waals surface area contributed by atoms with Crippen molar-refractivity contribution in [1.82, 2.24) is 0 Å². The third kappa shape index (κ3) is 3.39. The number of phenols is 1. The van der Waals surface area contributed by atoms with Gasteiger partial charge < -0.3 is 10.4 Å². The van der Waals surface area contributed by atoms with Crippen molar-refractivity contribution in [3.63, 3.8) is 0 Å². The third-order valence-corrected chi connectivity index (χ3v) is 3.68. The summed E-state index contributed by atoms with van der Waals surface area (Å²) in [6, 6.07) is 9.76. The number of phenolic OH excluding ortho intramolecular Hbond substituents is 1. The van der Waals surface area contributed by atoms with E-state index in [-0.39, 0.29) is 22.6 Å². The van der Waals surface area contributed by atoms with Crippen LogP contribution in [0.2, 0.25) is 5.02 Å². The molecule has 0 bridgehead atoms. The fourth-order valence-electron chi connectivity index (χ4n) is 1.71. The fourth-order valence-corrected chi connectivity index (χ4v) is 2.29. The number of rotatable bonds is 3. The van der Waals surface area contributed by atoms with E-state index in [1.54, 1.807) is 24.3 Å². The second-order valence-corrected chi connectivity index (χ2v) is 5.47. The minimum Gasteiger partial charge on any atom is -0.506 e. The van der Waals surface area contributed by atoms with E-state index in [2.05, 4.69) is 21.2 Å². The summed E-state index contributed by atoms with van der Waals surface area (Å²) in [4.78, 5) is 0. The maximum absolute atomic E-state index is 13.2. The van der Waals surface area contributed by atoms with Crippen LogP contribution in [0.4, 0.5) is 10.1 Å². The molecule has 0 heterocycles. The number of hydrogen-bond acceptors (Lipinski definition) is 2. The van der Waals surface area contributed by atoms with Crippen molar-refractivity contribution < 1.29 is 9.50 Å². The van der Waals surface area contributed by atoms with Gasteiger partial charge in [-0.3, -0.25) is 0 Å². The number of anilines is 1. The standard InChI is InChI=1S/C14H12BrClFNO/c1-8(9-2-4-13(17)11(15)6-9)18-10-3-5-14(19)12(16)7-10/h2-8,18-19H,1H3. The third-order valence-electron chi connectivity index (χ3n) is 2.77. The van der Waals surface area contributed by atoms with Gasteiger partial charge in [0.1, 0.15) is 11.6 Å². The highest BCUT2D eigenvalue weighted by Gasteiger charge is 2.09. The van der Waals surface area contributed by atoms with Gasteiger partial charge in [-0.05, 0) is 58.7 Å². The van der Waals surface area contributed by atoms with Crippen molar-refractivity contribution in [2.24, 2.45) is 0 Å². The second kappa shape index (κ2) is 5.80. The zero-order valence-electron chi connectivity index (χ0n) is 10.1. The van der Waals surface area contributed by atoms with Crippen LogP contribution in [0.3, 0.4) is 0 Å². The first-order valence-corrected chi connectivity index (χ1v) is 6.84. The molecule has 1 unspecified atom stereocenters. The maximum atomic E-state index is 13.2. The highest BCUT2D eigenvalue weighted by molar-refractivity contribution is 9.10. The molecule has 0 aromatic heterocycles.